The Labute approximate surface area is 79.9 Å². The smallest absolute Gasteiger partial charge is 0.256 e. The van der Waals surface area contributed by atoms with Crippen LogP contribution >= 0.6 is 11.3 Å². The zero-order chi connectivity index (χ0) is 9.26. The van der Waals surface area contributed by atoms with E-state index in [4.69, 9.17) is 0 Å². The van der Waals surface area contributed by atoms with Crippen LogP contribution in [-0.4, -0.2) is 4.98 Å². The van der Waals surface area contributed by atoms with E-state index in [9.17, 15) is 4.79 Å². The van der Waals surface area contributed by atoms with Gasteiger partial charge in [0.2, 0.25) is 0 Å². The highest BCUT2D eigenvalue weighted by molar-refractivity contribution is 7.15. The van der Waals surface area contributed by atoms with Gasteiger partial charge in [-0.2, -0.15) is 0 Å². The number of aryl methyl sites for hydroxylation is 1. The van der Waals surface area contributed by atoms with Gasteiger partial charge in [0, 0.05) is 16.0 Å². The third kappa shape index (κ3) is 1.55. The Bertz CT molecular complexity index is 470. The van der Waals surface area contributed by atoms with Crippen molar-refractivity contribution >= 4 is 11.3 Å². The Balaban J connectivity index is 2.59. The first-order valence-electron chi connectivity index (χ1n) is 4.02. The second-order valence-corrected chi connectivity index (χ2v) is 4.11. The lowest BCUT2D eigenvalue weighted by atomic mass is 10.2. The zero-order valence-corrected chi connectivity index (χ0v) is 8.02. The summed E-state index contributed by atoms with van der Waals surface area (Å²) in [4.78, 5) is 16.3. The topological polar surface area (TPSA) is 32.9 Å². The monoisotopic (exact) mass is 191 g/mol. The number of aromatic nitrogens is 1. The van der Waals surface area contributed by atoms with E-state index >= 15 is 0 Å². The second kappa shape index (κ2) is 3.18. The molecule has 0 amide bonds. The molecule has 2 heterocycles. The summed E-state index contributed by atoms with van der Waals surface area (Å²) in [6.45, 7) is 2.03. The number of hydrogen-bond donors (Lipinski definition) is 1. The van der Waals surface area contributed by atoms with E-state index in [-0.39, 0.29) is 5.56 Å². The summed E-state index contributed by atoms with van der Waals surface area (Å²) in [5, 5.41) is 0. The molecule has 0 aliphatic heterocycles. The zero-order valence-electron chi connectivity index (χ0n) is 7.20. The number of hydrogen-bond acceptors (Lipinski definition) is 2. The van der Waals surface area contributed by atoms with Gasteiger partial charge in [-0.3, -0.25) is 4.79 Å². The molecule has 2 rings (SSSR count). The summed E-state index contributed by atoms with van der Waals surface area (Å²) in [7, 11) is 0. The highest BCUT2D eigenvalue weighted by Crippen LogP contribution is 2.24. The first-order chi connectivity index (χ1) is 6.27. The molecule has 2 aromatic rings. The minimum absolute atomic E-state index is 0.0237. The molecule has 0 aliphatic rings. The lowest BCUT2D eigenvalue weighted by molar-refractivity contribution is 1.25. The summed E-state index contributed by atoms with van der Waals surface area (Å²) in [5.74, 6) is 0. The molecule has 2 aromatic heterocycles. The van der Waals surface area contributed by atoms with Crippen molar-refractivity contribution in [3.05, 3.63) is 45.7 Å². The first-order valence-corrected chi connectivity index (χ1v) is 4.83. The molecule has 0 saturated heterocycles. The fourth-order valence-electron chi connectivity index (χ4n) is 1.19. The highest BCUT2D eigenvalue weighted by atomic mass is 32.1. The van der Waals surface area contributed by atoms with Crippen LogP contribution in [0.15, 0.2) is 35.3 Å². The first kappa shape index (κ1) is 8.26. The number of pyridine rings is 1. The fraction of sp³-hybridized carbons (Fsp3) is 0.100. The standard InChI is InChI=1S/C10H9NOS/c1-7-4-5-9(13-7)8-3-2-6-11-10(8)12/h2-6H,1H3,(H,11,12). The molecule has 0 aliphatic carbocycles. The number of thiophene rings is 1. The van der Waals surface area contributed by atoms with E-state index in [2.05, 4.69) is 4.98 Å². The molecule has 13 heavy (non-hydrogen) atoms. The molecule has 0 fully saturated rings. The molecular formula is C10H9NOS. The van der Waals surface area contributed by atoms with Gasteiger partial charge < -0.3 is 4.98 Å². The largest absolute Gasteiger partial charge is 0.329 e. The van der Waals surface area contributed by atoms with Crippen LogP contribution in [0.5, 0.6) is 0 Å². The summed E-state index contributed by atoms with van der Waals surface area (Å²) < 4.78 is 0. The lowest BCUT2D eigenvalue weighted by Crippen LogP contribution is -2.05. The van der Waals surface area contributed by atoms with Crippen LogP contribution in [-0.2, 0) is 0 Å². The Hall–Kier alpha value is -1.35. The quantitative estimate of drug-likeness (QED) is 0.737. The van der Waals surface area contributed by atoms with Gasteiger partial charge in [-0.25, -0.2) is 0 Å². The summed E-state index contributed by atoms with van der Waals surface area (Å²) in [6, 6.07) is 7.67. The minimum Gasteiger partial charge on any atom is -0.329 e. The van der Waals surface area contributed by atoms with Crippen LogP contribution in [0, 0.1) is 6.92 Å². The van der Waals surface area contributed by atoms with Gasteiger partial charge in [-0.15, -0.1) is 11.3 Å². The van der Waals surface area contributed by atoms with Crippen LogP contribution in [0.3, 0.4) is 0 Å². The number of aromatic amines is 1. The molecule has 2 nitrogen and oxygen atoms in total. The molecule has 66 valence electrons. The van der Waals surface area contributed by atoms with Crippen LogP contribution in [0.25, 0.3) is 10.4 Å². The van der Waals surface area contributed by atoms with Gasteiger partial charge in [0.15, 0.2) is 0 Å². The molecule has 0 atom stereocenters. The second-order valence-electron chi connectivity index (χ2n) is 2.82. The van der Waals surface area contributed by atoms with Crippen molar-refractivity contribution < 1.29 is 0 Å². The summed E-state index contributed by atoms with van der Waals surface area (Å²) in [5.41, 5.74) is 0.727. The van der Waals surface area contributed by atoms with Crippen LogP contribution in [0.4, 0.5) is 0 Å². The van der Waals surface area contributed by atoms with Crippen LogP contribution in [0.2, 0.25) is 0 Å². The van der Waals surface area contributed by atoms with Gasteiger partial charge in [0.05, 0.1) is 5.56 Å². The van der Waals surface area contributed by atoms with E-state index in [1.807, 2.05) is 31.2 Å². The van der Waals surface area contributed by atoms with Crippen molar-refractivity contribution in [2.45, 2.75) is 6.92 Å². The highest BCUT2D eigenvalue weighted by Gasteiger charge is 2.03. The van der Waals surface area contributed by atoms with Gasteiger partial charge in [0.25, 0.3) is 5.56 Å². The maximum Gasteiger partial charge on any atom is 0.256 e. The molecular weight excluding hydrogens is 182 g/mol. The van der Waals surface area contributed by atoms with Gasteiger partial charge in [-0.1, -0.05) is 0 Å². The number of rotatable bonds is 1. The third-order valence-corrected chi connectivity index (χ3v) is 2.86. The van der Waals surface area contributed by atoms with Gasteiger partial charge in [-0.05, 0) is 31.2 Å². The molecule has 1 N–H and O–H groups in total. The predicted octanol–water partition coefficient (Wildman–Crippen LogP) is 2.41. The minimum atomic E-state index is -0.0237. The fourth-order valence-corrected chi connectivity index (χ4v) is 2.08. The average molecular weight is 191 g/mol. The van der Waals surface area contributed by atoms with Gasteiger partial charge in [0.1, 0.15) is 0 Å². The predicted molar refractivity (Wildman–Crippen MR) is 55.1 cm³/mol. The van der Waals surface area contributed by atoms with E-state index < -0.39 is 0 Å². The molecule has 0 aromatic carbocycles. The summed E-state index contributed by atoms with van der Waals surface area (Å²) >= 11 is 1.63. The van der Waals surface area contributed by atoms with Crippen molar-refractivity contribution in [3.63, 3.8) is 0 Å². The van der Waals surface area contributed by atoms with E-state index in [0.717, 1.165) is 10.4 Å². The van der Waals surface area contributed by atoms with Crippen LogP contribution in [0.1, 0.15) is 4.88 Å². The molecule has 0 bridgehead atoms. The normalized spacial score (nSPS) is 10.2. The Morgan fingerprint density at radius 3 is 2.77 bits per heavy atom. The SMILES string of the molecule is Cc1ccc(-c2ccc[nH]c2=O)s1. The van der Waals surface area contributed by atoms with Crippen LogP contribution < -0.4 is 5.56 Å². The van der Waals surface area contributed by atoms with Crippen molar-refractivity contribution in [2.75, 3.05) is 0 Å². The Morgan fingerprint density at radius 2 is 2.15 bits per heavy atom. The third-order valence-electron chi connectivity index (χ3n) is 1.82. The Morgan fingerprint density at radius 1 is 1.31 bits per heavy atom. The molecule has 0 unspecified atom stereocenters. The van der Waals surface area contributed by atoms with E-state index in [1.165, 1.54) is 4.88 Å². The molecule has 0 spiro atoms. The maximum atomic E-state index is 11.4. The Kier molecular flexibility index (Phi) is 2.02. The van der Waals surface area contributed by atoms with Crippen molar-refractivity contribution in [1.29, 1.82) is 0 Å². The molecule has 3 heteroatoms. The number of nitrogens with one attached hydrogen (secondary N) is 1. The number of H-pyrrole nitrogens is 1. The maximum absolute atomic E-state index is 11.4. The van der Waals surface area contributed by atoms with E-state index in [1.54, 1.807) is 17.5 Å². The van der Waals surface area contributed by atoms with E-state index in [0.29, 0.717) is 0 Å². The van der Waals surface area contributed by atoms with Crippen molar-refractivity contribution in [3.8, 4) is 10.4 Å². The lowest BCUT2D eigenvalue weighted by Gasteiger charge is -1.93. The van der Waals surface area contributed by atoms with Crippen molar-refractivity contribution in [2.24, 2.45) is 0 Å². The average Bonchev–Trinajstić information content (AvgIpc) is 2.53. The summed E-state index contributed by atoms with van der Waals surface area (Å²) in [6.07, 6.45) is 1.65. The van der Waals surface area contributed by atoms with Crippen molar-refractivity contribution in [1.82, 2.24) is 4.98 Å². The van der Waals surface area contributed by atoms with Gasteiger partial charge >= 0.3 is 0 Å². The molecule has 0 saturated carbocycles. The molecule has 0 radical (unpaired) electrons.